The Hall–Kier alpha value is -3.59. The van der Waals surface area contributed by atoms with Crippen LogP contribution in [0.25, 0.3) is 11.4 Å². The summed E-state index contributed by atoms with van der Waals surface area (Å²) in [6.07, 6.45) is 1.79. The molecular weight excluding hydrogens is 396 g/mol. The van der Waals surface area contributed by atoms with Crippen LogP contribution in [0.5, 0.6) is 11.6 Å². The van der Waals surface area contributed by atoms with Crippen LogP contribution < -0.4 is 15.2 Å². The van der Waals surface area contributed by atoms with Gasteiger partial charge in [-0.3, -0.25) is 0 Å². The normalized spacial score (nSPS) is 10.9. The third-order valence-corrected chi connectivity index (χ3v) is 4.66. The van der Waals surface area contributed by atoms with Crippen LogP contribution >= 0.6 is 11.6 Å². The molecule has 0 saturated carbocycles. The summed E-state index contributed by atoms with van der Waals surface area (Å²) in [7, 11) is 3.14. The lowest BCUT2D eigenvalue weighted by Gasteiger charge is -2.10. The number of ether oxygens (including phenoxy) is 2. The Morgan fingerprint density at radius 3 is 2.55 bits per heavy atom. The lowest BCUT2D eigenvalue weighted by Crippen LogP contribution is -2.23. The van der Waals surface area contributed by atoms with Crippen molar-refractivity contribution < 1.29 is 9.47 Å². The zero-order chi connectivity index (χ0) is 20.4. The van der Waals surface area contributed by atoms with Gasteiger partial charge in [-0.2, -0.15) is 9.36 Å². The first-order valence-corrected chi connectivity index (χ1v) is 9.04. The fourth-order valence-corrected chi connectivity index (χ4v) is 2.99. The fourth-order valence-electron chi connectivity index (χ4n) is 2.76. The number of hydrogen-bond donors (Lipinski definition) is 0. The average molecular weight is 413 g/mol. The molecule has 0 unspecified atom stereocenters. The molecule has 9 nitrogen and oxygen atoms in total. The number of methoxy groups -OCH3 is 1. The monoisotopic (exact) mass is 412 g/mol. The van der Waals surface area contributed by atoms with Crippen LogP contribution in [0.1, 0.15) is 5.56 Å². The van der Waals surface area contributed by atoms with Gasteiger partial charge in [0.15, 0.2) is 0 Å². The van der Waals surface area contributed by atoms with E-state index in [2.05, 4.69) is 15.5 Å². The molecule has 0 amide bonds. The summed E-state index contributed by atoms with van der Waals surface area (Å²) in [4.78, 5) is 12.2. The van der Waals surface area contributed by atoms with Gasteiger partial charge in [-0.25, -0.2) is 9.48 Å². The van der Waals surface area contributed by atoms with E-state index in [4.69, 9.17) is 21.1 Å². The topological polar surface area (TPSA) is 89.0 Å². The summed E-state index contributed by atoms with van der Waals surface area (Å²) in [6, 6.07) is 14.4. The van der Waals surface area contributed by atoms with Crippen LogP contribution in [0.2, 0.25) is 5.02 Å². The fraction of sp³-hybridized carbons (Fsp3) is 0.158. The quantitative estimate of drug-likeness (QED) is 0.483. The van der Waals surface area contributed by atoms with Crippen LogP contribution in [0.15, 0.2) is 59.5 Å². The van der Waals surface area contributed by atoms with Crippen molar-refractivity contribution in [1.82, 2.24) is 29.6 Å². The zero-order valence-electron chi connectivity index (χ0n) is 15.7. The van der Waals surface area contributed by atoms with Gasteiger partial charge in [-0.15, -0.1) is 5.10 Å². The smallest absolute Gasteiger partial charge is 0.368 e. The van der Waals surface area contributed by atoms with Crippen molar-refractivity contribution in [3.8, 4) is 23.0 Å². The van der Waals surface area contributed by atoms with Gasteiger partial charge < -0.3 is 9.47 Å². The highest BCUT2D eigenvalue weighted by atomic mass is 35.5. The highest BCUT2D eigenvalue weighted by Gasteiger charge is 2.15. The van der Waals surface area contributed by atoms with E-state index in [1.165, 1.54) is 11.7 Å². The molecule has 4 rings (SSSR count). The maximum Gasteiger partial charge on any atom is 0.368 e. The maximum atomic E-state index is 12.2. The third kappa shape index (κ3) is 3.72. The van der Waals surface area contributed by atoms with E-state index in [0.29, 0.717) is 22.2 Å². The Kier molecular flexibility index (Phi) is 5.05. The minimum atomic E-state index is -0.377. The Balaban J connectivity index is 1.56. The summed E-state index contributed by atoms with van der Waals surface area (Å²) in [5.41, 5.74) is 1.60. The average Bonchev–Trinajstić information content (AvgIpc) is 3.34. The molecule has 0 bridgehead atoms. The zero-order valence-corrected chi connectivity index (χ0v) is 16.4. The predicted octanol–water partition coefficient (Wildman–Crippen LogP) is 2.39. The molecule has 0 atom stereocenters. The molecule has 4 aromatic rings. The molecule has 29 heavy (non-hydrogen) atoms. The number of tetrazole rings is 1. The van der Waals surface area contributed by atoms with Gasteiger partial charge in [0.25, 0.3) is 0 Å². The maximum absolute atomic E-state index is 12.2. The van der Waals surface area contributed by atoms with Gasteiger partial charge in [0.2, 0.25) is 5.88 Å². The molecule has 2 heterocycles. The summed E-state index contributed by atoms with van der Waals surface area (Å²) in [6.45, 7) is 0.109. The first-order valence-electron chi connectivity index (χ1n) is 8.66. The Bertz CT molecular complexity index is 1200. The summed E-state index contributed by atoms with van der Waals surface area (Å²) >= 11 is 6.35. The van der Waals surface area contributed by atoms with E-state index >= 15 is 0 Å². The van der Waals surface area contributed by atoms with Crippen molar-refractivity contribution in [2.75, 3.05) is 7.11 Å². The molecule has 0 N–H and O–H groups in total. The standard InChI is InChI=1S/C19H17ClN6O3/c1-24-19(27)26(23-22-24)17-5-3-4-16(20)15(17)12-29-18-10-11-25(21-18)13-6-8-14(28-2)9-7-13/h3-11H,12H2,1-2H3. The molecule has 2 aromatic carbocycles. The van der Waals surface area contributed by atoms with Crippen molar-refractivity contribution in [2.45, 2.75) is 6.61 Å². The van der Waals surface area contributed by atoms with E-state index in [-0.39, 0.29) is 12.3 Å². The summed E-state index contributed by atoms with van der Waals surface area (Å²) in [5, 5.41) is 12.5. The van der Waals surface area contributed by atoms with Crippen LogP contribution in [-0.2, 0) is 13.7 Å². The van der Waals surface area contributed by atoms with Crippen molar-refractivity contribution in [3.63, 3.8) is 0 Å². The molecular formula is C19H17ClN6O3. The van der Waals surface area contributed by atoms with E-state index in [1.807, 2.05) is 24.3 Å². The lowest BCUT2D eigenvalue weighted by atomic mass is 10.2. The molecule has 0 spiro atoms. The molecule has 0 radical (unpaired) electrons. The highest BCUT2D eigenvalue weighted by Crippen LogP contribution is 2.24. The van der Waals surface area contributed by atoms with Crippen molar-refractivity contribution >= 4 is 11.6 Å². The number of aryl methyl sites for hydroxylation is 1. The number of rotatable bonds is 6. The molecule has 0 aliphatic carbocycles. The number of halogens is 1. The van der Waals surface area contributed by atoms with Crippen LogP contribution in [0.3, 0.4) is 0 Å². The molecule has 148 valence electrons. The van der Waals surface area contributed by atoms with Crippen LogP contribution in [-0.4, -0.2) is 36.7 Å². The van der Waals surface area contributed by atoms with Crippen molar-refractivity contribution in [3.05, 3.63) is 75.8 Å². The van der Waals surface area contributed by atoms with E-state index in [1.54, 1.807) is 42.3 Å². The largest absolute Gasteiger partial charge is 0.497 e. The SMILES string of the molecule is COc1ccc(-n2ccc(OCc3c(Cl)cccc3-n3nnn(C)c3=O)n2)cc1. The van der Waals surface area contributed by atoms with Gasteiger partial charge in [0, 0.05) is 29.9 Å². The second-order valence-electron chi connectivity index (χ2n) is 6.12. The van der Waals surface area contributed by atoms with Gasteiger partial charge in [0.05, 0.1) is 18.5 Å². The minimum absolute atomic E-state index is 0.109. The number of nitrogens with zero attached hydrogens (tertiary/aromatic N) is 6. The number of benzene rings is 2. The van der Waals surface area contributed by atoms with Gasteiger partial charge in [0.1, 0.15) is 12.4 Å². The van der Waals surface area contributed by atoms with E-state index < -0.39 is 0 Å². The minimum Gasteiger partial charge on any atom is -0.497 e. The number of aromatic nitrogens is 6. The van der Waals surface area contributed by atoms with Crippen LogP contribution in [0, 0.1) is 0 Å². The molecule has 2 aromatic heterocycles. The lowest BCUT2D eigenvalue weighted by molar-refractivity contribution is 0.291. The first-order chi connectivity index (χ1) is 14.1. The Morgan fingerprint density at radius 1 is 1.07 bits per heavy atom. The molecule has 0 fully saturated rings. The Labute approximate surface area is 170 Å². The summed E-state index contributed by atoms with van der Waals surface area (Å²) < 4.78 is 15.0. The second kappa shape index (κ2) is 7.80. The first kappa shape index (κ1) is 18.8. The van der Waals surface area contributed by atoms with E-state index in [0.717, 1.165) is 16.1 Å². The number of hydrogen-bond acceptors (Lipinski definition) is 6. The Morgan fingerprint density at radius 2 is 1.86 bits per heavy atom. The van der Waals surface area contributed by atoms with Gasteiger partial charge >= 0.3 is 5.69 Å². The van der Waals surface area contributed by atoms with Crippen molar-refractivity contribution in [2.24, 2.45) is 7.05 Å². The molecule has 0 saturated heterocycles. The molecule has 0 aliphatic rings. The summed E-state index contributed by atoms with van der Waals surface area (Å²) in [5.74, 6) is 1.18. The van der Waals surface area contributed by atoms with E-state index in [9.17, 15) is 4.79 Å². The van der Waals surface area contributed by atoms with Gasteiger partial charge in [-0.1, -0.05) is 17.7 Å². The van der Waals surface area contributed by atoms with Crippen LogP contribution in [0.4, 0.5) is 0 Å². The predicted molar refractivity (Wildman–Crippen MR) is 106 cm³/mol. The third-order valence-electron chi connectivity index (χ3n) is 4.31. The highest BCUT2D eigenvalue weighted by molar-refractivity contribution is 6.31. The second-order valence-corrected chi connectivity index (χ2v) is 6.53. The molecule has 0 aliphatic heterocycles. The molecule has 10 heteroatoms. The van der Waals surface area contributed by atoms with Crippen molar-refractivity contribution in [1.29, 1.82) is 0 Å². The van der Waals surface area contributed by atoms with Gasteiger partial charge in [-0.05, 0) is 46.8 Å².